The molecule has 2 saturated heterocycles. The Hall–Kier alpha value is -1.55. The van der Waals surface area contributed by atoms with Gasteiger partial charge >= 0.3 is 0 Å². The molecule has 2 heterocycles. The van der Waals surface area contributed by atoms with E-state index in [0.717, 1.165) is 57.6 Å². The topological polar surface area (TPSA) is 38.8 Å². The van der Waals surface area contributed by atoms with Gasteiger partial charge in [0.25, 0.3) is 0 Å². The van der Waals surface area contributed by atoms with Gasteiger partial charge in [-0.3, -0.25) is 4.79 Å². The van der Waals surface area contributed by atoms with Crippen LogP contribution in [-0.2, 0) is 9.53 Å². The van der Waals surface area contributed by atoms with Crippen molar-refractivity contribution in [3.63, 3.8) is 0 Å². The second kappa shape index (κ2) is 7.82. The van der Waals surface area contributed by atoms with Gasteiger partial charge < -0.3 is 14.4 Å². The van der Waals surface area contributed by atoms with Crippen molar-refractivity contribution in [1.82, 2.24) is 4.90 Å². The van der Waals surface area contributed by atoms with Crippen LogP contribution in [0, 0.1) is 0 Å². The molecule has 2 aliphatic heterocycles. The monoisotopic (exact) mass is 317 g/mol. The number of rotatable bonds is 5. The van der Waals surface area contributed by atoms with Gasteiger partial charge in [0.2, 0.25) is 5.91 Å². The zero-order valence-electron chi connectivity index (χ0n) is 14.0. The molecule has 0 N–H and O–H groups in total. The van der Waals surface area contributed by atoms with Crippen LogP contribution in [-0.4, -0.2) is 43.7 Å². The Morgan fingerprint density at radius 2 is 2.13 bits per heavy atom. The minimum absolute atomic E-state index is 0.296. The van der Waals surface area contributed by atoms with Gasteiger partial charge in [-0.05, 0) is 55.7 Å². The first-order valence-corrected chi connectivity index (χ1v) is 8.79. The molecule has 1 aromatic carbocycles. The van der Waals surface area contributed by atoms with Gasteiger partial charge in [-0.1, -0.05) is 12.1 Å². The Bertz CT molecular complexity index is 517. The summed E-state index contributed by atoms with van der Waals surface area (Å²) in [5, 5.41) is 0. The zero-order chi connectivity index (χ0) is 16.1. The average molecular weight is 317 g/mol. The number of benzene rings is 1. The lowest BCUT2D eigenvalue weighted by atomic mass is 9.89. The maximum Gasteiger partial charge on any atom is 0.222 e. The number of nitrogens with zero attached hydrogens (tertiary/aromatic N) is 1. The molecule has 1 aromatic rings. The highest BCUT2D eigenvalue weighted by Crippen LogP contribution is 2.30. The number of likely N-dealkylation sites (tertiary alicyclic amines) is 1. The zero-order valence-corrected chi connectivity index (χ0v) is 14.0. The van der Waals surface area contributed by atoms with Gasteiger partial charge in [0.1, 0.15) is 5.75 Å². The standard InChI is InChI=1S/C19H27NO3/c1-22-18-5-2-4-16(14-18)15-9-11-20(12-10-15)19(21)8-7-17-6-3-13-23-17/h2,4-5,14-15,17H,3,6-13H2,1H3. The lowest BCUT2D eigenvalue weighted by Crippen LogP contribution is -2.38. The van der Waals surface area contributed by atoms with E-state index < -0.39 is 0 Å². The lowest BCUT2D eigenvalue weighted by molar-refractivity contribution is -0.132. The van der Waals surface area contributed by atoms with Crippen molar-refractivity contribution in [3.05, 3.63) is 29.8 Å². The van der Waals surface area contributed by atoms with E-state index in [9.17, 15) is 4.79 Å². The molecular formula is C19H27NO3. The summed E-state index contributed by atoms with van der Waals surface area (Å²) in [6.45, 7) is 2.60. The van der Waals surface area contributed by atoms with Crippen molar-refractivity contribution < 1.29 is 14.3 Å². The number of hydrogen-bond acceptors (Lipinski definition) is 3. The van der Waals surface area contributed by atoms with Crippen LogP contribution in [0.3, 0.4) is 0 Å². The van der Waals surface area contributed by atoms with E-state index in [2.05, 4.69) is 12.1 Å². The Morgan fingerprint density at radius 3 is 2.83 bits per heavy atom. The van der Waals surface area contributed by atoms with Gasteiger partial charge in [0.15, 0.2) is 0 Å². The summed E-state index contributed by atoms with van der Waals surface area (Å²) in [6, 6.07) is 8.32. The van der Waals surface area contributed by atoms with Gasteiger partial charge in [0, 0.05) is 26.1 Å². The number of amides is 1. The SMILES string of the molecule is COc1cccc(C2CCN(C(=O)CCC3CCCO3)CC2)c1. The van der Waals surface area contributed by atoms with Gasteiger partial charge in [-0.15, -0.1) is 0 Å². The van der Waals surface area contributed by atoms with E-state index in [0.29, 0.717) is 24.3 Å². The summed E-state index contributed by atoms with van der Waals surface area (Å²) in [5.41, 5.74) is 1.33. The van der Waals surface area contributed by atoms with Gasteiger partial charge in [-0.25, -0.2) is 0 Å². The van der Waals surface area contributed by atoms with E-state index in [1.54, 1.807) is 7.11 Å². The quantitative estimate of drug-likeness (QED) is 0.836. The van der Waals surface area contributed by atoms with E-state index in [-0.39, 0.29) is 0 Å². The highest BCUT2D eigenvalue weighted by molar-refractivity contribution is 5.76. The van der Waals surface area contributed by atoms with Crippen molar-refractivity contribution in [3.8, 4) is 5.75 Å². The number of methoxy groups -OCH3 is 1. The maximum absolute atomic E-state index is 12.3. The molecule has 0 aliphatic carbocycles. The van der Waals surface area contributed by atoms with Crippen LogP contribution in [0.2, 0.25) is 0 Å². The summed E-state index contributed by atoms with van der Waals surface area (Å²) in [6.07, 6.45) is 6.17. The molecule has 3 rings (SSSR count). The minimum Gasteiger partial charge on any atom is -0.497 e. The molecule has 23 heavy (non-hydrogen) atoms. The van der Waals surface area contributed by atoms with E-state index in [1.165, 1.54) is 5.56 Å². The molecule has 0 radical (unpaired) electrons. The molecule has 0 spiro atoms. The van der Waals surface area contributed by atoms with E-state index in [4.69, 9.17) is 9.47 Å². The smallest absolute Gasteiger partial charge is 0.222 e. The first-order valence-electron chi connectivity index (χ1n) is 8.79. The summed E-state index contributed by atoms with van der Waals surface area (Å²) < 4.78 is 10.9. The minimum atomic E-state index is 0.296. The first kappa shape index (κ1) is 16.3. The second-order valence-electron chi connectivity index (χ2n) is 6.61. The molecule has 1 atom stereocenters. The predicted octanol–water partition coefficient (Wildman–Crippen LogP) is 3.36. The predicted molar refractivity (Wildman–Crippen MR) is 89.8 cm³/mol. The second-order valence-corrected chi connectivity index (χ2v) is 6.61. The van der Waals surface area contributed by atoms with E-state index in [1.807, 2.05) is 17.0 Å². The third kappa shape index (κ3) is 4.25. The van der Waals surface area contributed by atoms with Crippen molar-refractivity contribution in [2.45, 2.75) is 50.5 Å². The lowest BCUT2D eigenvalue weighted by Gasteiger charge is -2.32. The third-order valence-electron chi connectivity index (χ3n) is 5.12. The number of ether oxygens (including phenoxy) is 2. The van der Waals surface area contributed by atoms with Crippen molar-refractivity contribution in [2.75, 3.05) is 26.8 Å². The molecule has 0 aromatic heterocycles. The Kier molecular flexibility index (Phi) is 5.55. The normalized spacial score (nSPS) is 22.3. The van der Waals surface area contributed by atoms with E-state index >= 15 is 0 Å². The average Bonchev–Trinajstić information content (AvgIpc) is 3.13. The van der Waals surface area contributed by atoms with Crippen LogP contribution in [0.5, 0.6) is 5.75 Å². The first-order chi connectivity index (χ1) is 11.3. The van der Waals surface area contributed by atoms with Crippen LogP contribution >= 0.6 is 0 Å². The van der Waals surface area contributed by atoms with Gasteiger partial charge in [-0.2, -0.15) is 0 Å². The molecule has 0 bridgehead atoms. The highest BCUT2D eigenvalue weighted by Gasteiger charge is 2.25. The summed E-state index contributed by atoms with van der Waals surface area (Å²) in [5.74, 6) is 1.74. The molecular weight excluding hydrogens is 290 g/mol. The molecule has 1 amide bonds. The molecule has 2 aliphatic rings. The van der Waals surface area contributed by atoms with Crippen LogP contribution < -0.4 is 4.74 Å². The number of piperidine rings is 1. The summed E-state index contributed by atoms with van der Waals surface area (Å²) in [7, 11) is 1.70. The fraction of sp³-hybridized carbons (Fsp3) is 0.632. The summed E-state index contributed by atoms with van der Waals surface area (Å²) in [4.78, 5) is 14.4. The van der Waals surface area contributed by atoms with Crippen LogP contribution in [0.1, 0.15) is 50.0 Å². The van der Waals surface area contributed by atoms with Crippen LogP contribution in [0.4, 0.5) is 0 Å². The molecule has 2 fully saturated rings. The Morgan fingerprint density at radius 1 is 1.30 bits per heavy atom. The number of carbonyl (C=O) groups excluding carboxylic acids is 1. The third-order valence-corrected chi connectivity index (χ3v) is 5.12. The highest BCUT2D eigenvalue weighted by atomic mass is 16.5. The van der Waals surface area contributed by atoms with Crippen LogP contribution in [0.25, 0.3) is 0 Å². The van der Waals surface area contributed by atoms with Crippen molar-refractivity contribution >= 4 is 5.91 Å². The fourth-order valence-electron chi connectivity index (χ4n) is 3.67. The number of hydrogen-bond donors (Lipinski definition) is 0. The Labute approximate surface area is 138 Å². The van der Waals surface area contributed by atoms with Crippen molar-refractivity contribution in [1.29, 1.82) is 0 Å². The molecule has 0 saturated carbocycles. The Balaban J connectivity index is 1.46. The number of carbonyl (C=O) groups is 1. The largest absolute Gasteiger partial charge is 0.497 e. The molecule has 1 unspecified atom stereocenters. The van der Waals surface area contributed by atoms with Crippen LogP contribution in [0.15, 0.2) is 24.3 Å². The molecule has 126 valence electrons. The summed E-state index contributed by atoms with van der Waals surface area (Å²) >= 11 is 0. The fourth-order valence-corrected chi connectivity index (χ4v) is 3.67. The molecule has 4 heteroatoms. The maximum atomic E-state index is 12.3. The van der Waals surface area contributed by atoms with Crippen molar-refractivity contribution in [2.24, 2.45) is 0 Å². The van der Waals surface area contributed by atoms with Gasteiger partial charge in [0.05, 0.1) is 13.2 Å². The molecule has 4 nitrogen and oxygen atoms in total.